The number of aromatic nitrogens is 3. The van der Waals surface area contributed by atoms with E-state index in [0.717, 1.165) is 63.4 Å². The van der Waals surface area contributed by atoms with Gasteiger partial charge in [-0.3, -0.25) is 4.90 Å². The second-order valence-electron chi connectivity index (χ2n) is 7.97. The van der Waals surface area contributed by atoms with Gasteiger partial charge in [0.15, 0.2) is 0 Å². The molecule has 1 aromatic heterocycles. The van der Waals surface area contributed by atoms with E-state index >= 15 is 0 Å². The number of rotatable bonds is 4. The van der Waals surface area contributed by atoms with Crippen LogP contribution in [-0.2, 0) is 16.1 Å². The lowest BCUT2D eigenvalue weighted by atomic mass is 9.96. The van der Waals surface area contributed by atoms with E-state index < -0.39 is 11.6 Å². The minimum absolute atomic E-state index is 0.0785. The first kappa shape index (κ1) is 18.1. The Bertz CT molecular complexity index is 853. The standard InChI is InChI=1S/C20H24F2N4O2/c21-14-1-2-15(16(22)9-14)20-18-12-28-19-11-25(10-17(19)26(18)24-23-20)6-3-13-4-7-27-8-5-13/h1-2,9,13,17,19H,3-8,10-12H2/t17-,19-/m1/s1. The molecule has 0 radical (unpaired) electrons. The zero-order chi connectivity index (χ0) is 19.1. The first-order chi connectivity index (χ1) is 13.7. The summed E-state index contributed by atoms with van der Waals surface area (Å²) >= 11 is 0. The Morgan fingerprint density at radius 2 is 2.00 bits per heavy atom. The van der Waals surface area contributed by atoms with Gasteiger partial charge >= 0.3 is 0 Å². The highest BCUT2D eigenvalue weighted by Gasteiger charge is 2.40. The van der Waals surface area contributed by atoms with Crippen LogP contribution in [0.3, 0.4) is 0 Å². The van der Waals surface area contributed by atoms with Gasteiger partial charge in [0.1, 0.15) is 17.3 Å². The minimum Gasteiger partial charge on any atom is -0.381 e. The van der Waals surface area contributed by atoms with Crippen molar-refractivity contribution in [3.8, 4) is 11.3 Å². The monoisotopic (exact) mass is 390 g/mol. The van der Waals surface area contributed by atoms with Crippen molar-refractivity contribution in [2.45, 2.75) is 38.0 Å². The van der Waals surface area contributed by atoms with E-state index in [2.05, 4.69) is 15.2 Å². The van der Waals surface area contributed by atoms with Gasteiger partial charge < -0.3 is 9.47 Å². The lowest BCUT2D eigenvalue weighted by molar-refractivity contribution is -0.00504. The fourth-order valence-corrected chi connectivity index (χ4v) is 4.61. The molecular weight excluding hydrogens is 366 g/mol. The van der Waals surface area contributed by atoms with E-state index in [9.17, 15) is 8.78 Å². The molecule has 4 heterocycles. The van der Waals surface area contributed by atoms with Gasteiger partial charge in [-0.2, -0.15) is 0 Å². The molecular formula is C20H24F2N4O2. The van der Waals surface area contributed by atoms with Crippen molar-refractivity contribution in [3.05, 3.63) is 35.5 Å². The number of likely N-dealkylation sites (tertiary alicyclic amines) is 1. The minimum atomic E-state index is -0.630. The summed E-state index contributed by atoms with van der Waals surface area (Å²) < 4.78 is 40.9. The third-order valence-corrected chi connectivity index (χ3v) is 6.23. The predicted molar refractivity (Wildman–Crippen MR) is 97.6 cm³/mol. The molecule has 2 saturated heterocycles. The molecule has 3 aliphatic heterocycles. The van der Waals surface area contributed by atoms with Gasteiger partial charge in [0, 0.05) is 37.9 Å². The van der Waals surface area contributed by atoms with E-state index in [1.807, 2.05) is 4.68 Å². The topological polar surface area (TPSA) is 52.4 Å². The first-order valence-electron chi connectivity index (χ1n) is 10.00. The summed E-state index contributed by atoms with van der Waals surface area (Å²) in [6.07, 6.45) is 3.56. The summed E-state index contributed by atoms with van der Waals surface area (Å²) in [5.41, 5.74) is 1.47. The fourth-order valence-electron chi connectivity index (χ4n) is 4.61. The maximum Gasteiger partial charge on any atom is 0.135 e. The molecule has 2 atom stereocenters. The molecule has 8 heteroatoms. The largest absolute Gasteiger partial charge is 0.381 e. The van der Waals surface area contributed by atoms with Crippen LogP contribution in [0.1, 0.15) is 31.0 Å². The van der Waals surface area contributed by atoms with Crippen LogP contribution in [0.15, 0.2) is 18.2 Å². The number of nitrogens with zero attached hydrogens (tertiary/aromatic N) is 4. The Kier molecular flexibility index (Phi) is 4.86. The number of hydrogen-bond acceptors (Lipinski definition) is 5. The number of benzene rings is 1. The number of hydrogen-bond donors (Lipinski definition) is 0. The Morgan fingerprint density at radius 1 is 1.14 bits per heavy atom. The van der Waals surface area contributed by atoms with Crippen LogP contribution in [0.5, 0.6) is 0 Å². The predicted octanol–water partition coefficient (Wildman–Crippen LogP) is 2.80. The van der Waals surface area contributed by atoms with Crippen LogP contribution in [0, 0.1) is 17.6 Å². The normalized spacial score (nSPS) is 25.6. The van der Waals surface area contributed by atoms with E-state index in [1.54, 1.807) is 0 Å². The van der Waals surface area contributed by atoms with Crippen molar-refractivity contribution in [2.24, 2.45) is 5.92 Å². The van der Waals surface area contributed by atoms with E-state index in [-0.39, 0.29) is 17.7 Å². The van der Waals surface area contributed by atoms with Gasteiger partial charge in [0.05, 0.1) is 24.4 Å². The Balaban J connectivity index is 1.30. The Hall–Kier alpha value is -1.90. The maximum absolute atomic E-state index is 14.2. The van der Waals surface area contributed by atoms with Gasteiger partial charge in [-0.25, -0.2) is 13.5 Å². The summed E-state index contributed by atoms with van der Waals surface area (Å²) in [5.74, 6) is -0.489. The molecule has 0 unspecified atom stereocenters. The molecule has 150 valence electrons. The maximum atomic E-state index is 14.2. The molecule has 0 bridgehead atoms. The zero-order valence-electron chi connectivity index (χ0n) is 15.7. The van der Waals surface area contributed by atoms with Crippen LogP contribution >= 0.6 is 0 Å². The average Bonchev–Trinajstić information content (AvgIpc) is 3.31. The van der Waals surface area contributed by atoms with Crippen molar-refractivity contribution >= 4 is 0 Å². The third kappa shape index (κ3) is 3.33. The smallest absolute Gasteiger partial charge is 0.135 e. The lowest BCUT2D eigenvalue weighted by Crippen LogP contribution is -2.32. The Labute approximate surface area is 162 Å². The highest BCUT2D eigenvalue weighted by atomic mass is 19.1. The molecule has 0 saturated carbocycles. The Morgan fingerprint density at radius 3 is 2.82 bits per heavy atom. The third-order valence-electron chi connectivity index (χ3n) is 6.23. The molecule has 28 heavy (non-hydrogen) atoms. The van der Waals surface area contributed by atoms with Crippen LogP contribution in [-0.4, -0.2) is 58.8 Å². The zero-order valence-corrected chi connectivity index (χ0v) is 15.7. The lowest BCUT2D eigenvalue weighted by Gasteiger charge is -2.26. The molecule has 0 spiro atoms. The average molecular weight is 390 g/mol. The molecule has 0 N–H and O–H groups in total. The molecule has 2 fully saturated rings. The molecule has 0 amide bonds. The van der Waals surface area contributed by atoms with Gasteiger partial charge in [0.25, 0.3) is 0 Å². The van der Waals surface area contributed by atoms with Gasteiger partial charge in [-0.15, -0.1) is 5.10 Å². The summed E-state index contributed by atoms with van der Waals surface area (Å²) in [6, 6.07) is 3.62. The second-order valence-corrected chi connectivity index (χ2v) is 7.97. The van der Waals surface area contributed by atoms with Crippen molar-refractivity contribution in [3.63, 3.8) is 0 Å². The van der Waals surface area contributed by atoms with Crippen molar-refractivity contribution in [1.82, 2.24) is 19.9 Å². The number of fused-ring (bicyclic) bond motifs is 3. The molecule has 0 aliphatic carbocycles. The van der Waals surface area contributed by atoms with Crippen molar-refractivity contribution < 1.29 is 18.3 Å². The van der Waals surface area contributed by atoms with Crippen molar-refractivity contribution in [2.75, 3.05) is 32.8 Å². The first-order valence-corrected chi connectivity index (χ1v) is 10.00. The summed E-state index contributed by atoms with van der Waals surface area (Å²) in [5, 5.41) is 8.51. The molecule has 2 aromatic rings. The SMILES string of the molecule is Fc1ccc(-c2nnn3c2CO[C@@H]2CN(CCC4CCOCC4)C[C@H]23)c(F)c1. The van der Waals surface area contributed by atoms with Gasteiger partial charge in [0.2, 0.25) is 0 Å². The summed E-state index contributed by atoms with van der Waals surface area (Å²) in [4.78, 5) is 2.43. The number of ether oxygens (including phenoxy) is 2. The van der Waals surface area contributed by atoms with Gasteiger partial charge in [-0.05, 0) is 43.9 Å². The van der Waals surface area contributed by atoms with Crippen LogP contribution < -0.4 is 0 Å². The van der Waals surface area contributed by atoms with Crippen LogP contribution in [0.25, 0.3) is 11.3 Å². The van der Waals surface area contributed by atoms with Gasteiger partial charge in [-0.1, -0.05) is 5.21 Å². The van der Waals surface area contributed by atoms with Crippen LogP contribution in [0.2, 0.25) is 0 Å². The highest BCUT2D eigenvalue weighted by molar-refractivity contribution is 5.62. The molecule has 5 rings (SSSR count). The van der Waals surface area contributed by atoms with E-state index in [4.69, 9.17) is 9.47 Å². The second kappa shape index (κ2) is 7.50. The summed E-state index contributed by atoms with van der Waals surface area (Å²) in [6.45, 7) is 4.88. The fraction of sp³-hybridized carbons (Fsp3) is 0.600. The van der Waals surface area contributed by atoms with Crippen molar-refractivity contribution in [1.29, 1.82) is 0 Å². The molecule has 6 nitrogen and oxygen atoms in total. The van der Waals surface area contributed by atoms with E-state index in [0.29, 0.717) is 12.3 Å². The van der Waals surface area contributed by atoms with E-state index in [1.165, 1.54) is 18.6 Å². The van der Waals surface area contributed by atoms with Crippen LogP contribution in [0.4, 0.5) is 8.78 Å². The number of halogens is 2. The quantitative estimate of drug-likeness (QED) is 0.804. The molecule has 3 aliphatic rings. The molecule has 1 aromatic carbocycles. The highest BCUT2D eigenvalue weighted by Crippen LogP contribution is 2.35. The summed E-state index contributed by atoms with van der Waals surface area (Å²) in [7, 11) is 0.